The Kier molecular flexibility index (Phi) is 12.8. The number of nitrogens with zero attached hydrogens (tertiary/aromatic N) is 2. The molecular formula is C26H36N2O5. The SMILES string of the molecule is O=[N+]([O-])C(CCCCCCc1ccccc1)OC(CCCCCCc1ccccc1)[N+](=O)[O-]. The fourth-order valence-electron chi connectivity index (χ4n) is 3.92. The first kappa shape index (κ1) is 26.5. The number of nitro groups is 2. The summed E-state index contributed by atoms with van der Waals surface area (Å²) in [5.74, 6) is 0. The van der Waals surface area contributed by atoms with Gasteiger partial charge in [0.05, 0.1) is 9.85 Å². The Hall–Kier alpha value is -2.80. The lowest BCUT2D eigenvalue weighted by molar-refractivity contribution is -0.647. The van der Waals surface area contributed by atoms with Gasteiger partial charge in [-0.15, -0.1) is 0 Å². The minimum Gasteiger partial charge on any atom is -0.262 e. The monoisotopic (exact) mass is 456 g/mol. The smallest absolute Gasteiger partial charge is 0.262 e. The second-order valence-corrected chi connectivity index (χ2v) is 8.49. The molecule has 0 N–H and O–H groups in total. The predicted octanol–water partition coefficient (Wildman–Crippen LogP) is 6.60. The molecule has 7 nitrogen and oxygen atoms in total. The molecule has 0 spiro atoms. The van der Waals surface area contributed by atoms with Crippen molar-refractivity contribution in [3.63, 3.8) is 0 Å². The van der Waals surface area contributed by atoms with Crippen molar-refractivity contribution in [1.29, 1.82) is 0 Å². The van der Waals surface area contributed by atoms with Crippen LogP contribution in [0.15, 0.2) is 60.7 Å². The molecule has 0 saturated heterocycles. The van der Waals surface area contributed by atoms with E-state index in [1.54, 1.807) is 0 Å². The molecular weight excluding hydrogens is 420 g/mol. The molecule has 0 radical (unpaired) electrons. The molecule has 0 bridgehead atoms. The molecule has 0 heterocycles. The molecule has 0 amide bonds. The van der Waals surface area contributed by atoms with Crippen molar-refractivity contribution in [3.8, 4) is 0 Å². The molecule has 2 aromatic rings. The molecule has 0 fully saturated rings. The number of hydrogen-bond acceptors (Lipinski definition) is 5. The minimum absolute atomic E-state index is 0.208. The molecule has 180 valence electrons. The van der Waals surface area contributed by atoms with Crippen LogP contribution in [-0.4, -0.2) is 22.3 Å². The van der Waals surface area contributed by atoms with Gasteiger partial charge in [0.15, 0.2) is 0 Å². The van der Waals surface area contributed by atoms with Gasteiger partial charge < -0.3 is 0 Å². The highest BCUT2D eigenvalue weighted by Crippen LogP contribution is 2.17. The van der Waals surface area contributed by atoms with Crippen LogP contribution in [0.25, 0.3) is 0 Å². The Labute approximate surface area is 196 Å². The van der Waals surface area contributed by atoms with E-state index < -0.39 is 22.3 Å². The highest BCUT2D eigenvalue weighted by atomic mass is 16.7. The van der Waals surface area contributed by atoms with Gasteiger partial charge in [0.1, 0.15) is 0 Å². The van der Waals surface area contributed by atoms with E-state index in [2.05, 4.69) is 24.3 Å². The third kappa shape index (κ3) is 11.6. The topological polar surface area (TPSA) is 95.5 Å². The fourth-order valence-corrected chi connectivity index (χ4v) is 3.92. The normalized spacial score (nSPS) is 12.8. The summed E-state index contributed by atoms with van der Waals surface area (Å²) in [4.78, 5) is 21.7. The average molecular weight is 457 g/mol. The van der Waals surface area contributed by atoms with Gasteiger partial charge in [-0.05, 0) is 49.7 Å². The summed E-state index contributed by atoms with van der Waals surface area (Å²) in [6.07, 6.45) is 6.73. The lowest BCUT2D eigenvalue weighted by Gasteiger charge is -2.14. The van der Waals surface area contributed by atoms with Crippen molar-refractivity contribution < 1.29 is 14.6 Å². The van der Waals surface area contributed by atoms with Gasteiger partial charge in [-0.3, -0.25) is 20.2 Å². The van der Waals surface area contributed by atoms with Crippen molar-refractivity contribution in [3.05, 3.63) is 92.0 Å². The number of benzene rings is 2. The number of hydrogen-bond donors (Lipinski definition) is 0. The first-order valence-corrected chi connectivity index (χ1v) is 12.1. The quantitative estimate of drug-likeness (QED) is 0.109. The average Bonchev–Trinajstić information content (AvgIpc) is 2.82. The lowest BCUT2D eigenvalue weighted by Crippen LogP contribution is -2.33. The van der Waals surface area contributed by atoms with Crippen molar-refractivity contribution in [2.24, 2.45) is 0 Å². The van der Waals surface area contributed by atoms with Gasteiger partial charge in [-0.2, -0.15) is 0 Å². The summed E-state index contributed by atoms with van der Waals surface area (Å²) in [5, 5.41) is 22.7. The van der Waals surface area contributed by atoms with Crippen LogP contribution in [0.3, 0.4) is 0 Å². The predicted molar refractivity (Wildman–Crippen MR) is 129 cm³/mol. The third-order valence-electron chi connectivity index (χ3n) is 5.80. The Morgan fingerprint density at radius 2 is 0.939 bits per heavy atom. The molecule has 0 aliphatic rings. The van der Waals surface area contributed by atoms with E-state index in [9.17, 15) is 20.2 Å². The van der Waals surface area contributed by atoms with E-state index >= 15 is 0 Å². The summed E-state index contributed by atoms with van der Waals surface area (Å²) in [6.45, 7) is 0. The van der Waals surface area contributed by atoms with Gasteiger partial charge in [-0.1, -0.05) is 86.3 Å². The van der Waals surface area contributed by atoms with Crippen LogP contribution < -0.4 is 0 Å². The Morgan fingerprint density at radius 1 is 0.576 bits per heavy atom. The first-order chi connectivity index (χ1) is 16.1. The van der Waals surface area contributed by atoms with Gasteiger partial charge in [-0.25, -0.2) is 4.74 Å². The summed E-state index contributed by atoms with van der Waals surface area (Å²) >= 11 is 0. The van der Waals surface area contributed by atoms with Crippen LogP contribution in [0.5, 0.6) is 0 Å². The third-order valence-corrected chi connectivity index (χ3v) is 5.80. The molecule has 2 aromatic carbocycles. The van der Waals surface area contributed by atoms with Crippen LogP contribution in [0.2, 0.25) is 0 Å². The van der Waals surface area contributed by atoms with Crippen LogP contribution in [0, 0.1) is 20.2 Å². The van der Waals surface area contributed by atoms with Crippen LogP contribution in [-0.2, 0) is 17.6 Å². The van der Waals surface area contributed by atoms with Gasteiger partial charge in [0.25, 0.3) is 0 Å². The van der Waals surface area contributed by atoms with E-state index in [-0.39, 0.29) is 12.8 Å². The second kappa shape index (κ2) is 15.9. The van der Waals surface area contributed by atoms with Gasteiger partial charge >= 0.3 is 12.5 Å². The fraction of sp³-hybridized carbons (Fsp3) is 0.538. The minimum atomic E-state index is -1.31. The van der Waals surface area contributed by atoms with Gasteiger partial charge in [0, 0.05) is 12.8 Å². The zero-order valence-electron chi connectivity index (χ0n) is 19.3. The Balaban J connectivity index is 1.61. The molecule has 33 heavy (non-hydrogen) atoms. The number of unbranched alkanes of at least 4 members (excludes halogenated alkanes) is 6. The van der Waals surface area contributed by atoms with E-state index in [1.165, 1.54) is 11.1 Å². The molecule has 0 aromatic heterocycles. The van der Waals surface area contributed by atoms with Crippen molar-refractivity contribution in [1.82, 2.24) is 0 Å². The van der Waals surface area contributed by atoms with Crippen molar-refractivity contribution >= 4 is 0 Å². The number of ether oxygens (including phenoxy) is 1. The molecule has 2 rings (SSSR count). The molecule has 2 atom stereocenters. The molecule has 0 aliphatic heterocycles. The van der Waals surface area contributed by atoms with E-state index in [4.69, 9.17) is 4.74 Å². The summed E-state index contributed by atoms with van der Waals surface area (Å²) in [7, 11) is 0. The second-order valence-electron chi connectivity index (χ2n) is 8.49. The van der Waals surface area contributed by atoms with Gasteiger partial charge in [0.2, 0.25) is 0 Å². The Morgan fingerprint density at radius 3 is 1.30 bits per heavy atom. The maximum absolute atomic E-state index is 11.4. The maximum atomic E-state index is 11.4. The first-order valence-electron chi connectivity index (χ1n) is 12.1. The molecule has 0 aliphatic carbocycles. The highest BCUT2D eigenvalue weighted by Gasteiger charge is 2.31. The maximum Gasteiger partial charge on any atom is 0.320 e. The van der Waals surface area contributed by atoms with Crippen LogP contribution >= 0.6 is 0 Å². The summed E-state index contributed by atoms with van der Waals surface area (Å²) in [6, 6.07) is 20.4. The number of rotatable bonds is 18. The summed E-state index contributed by atoms with van der Waals surface area (Å²) in [5.41, 5.74) is 2.58. The van der Waals surface area contributed by atoms with Crippen LogP contribution in [0.1, 0.15) is 75.3 Å². The number of aryl methyl sites for hydroxylation is 2. The molecule has 0 saturated carbocycles. The largest absolute Gasteiger partial charge is 0.320 e. The lowest BCUT2D eigenvalue weighted by atomic mass is 10.1. The zero-order valence-corrected chi connectivity index (χ0v) is 19.3. The zero-order chi connectivity index (χ0) is 23.7. The van der Waals surface area contributed by atoms with E-state index in [0.29, 0.717) is 12.8 Å². The van der Waals surface area contributed by atoms with Crippen molar-refractivity contribution in [2.45, 2.75) is 89.5 Å². The Bertz CT molecular complexity index is 733. The van der Waals surface area contributed by atoms with Crippen molar-refractivity contribution in [2.75, 3.05) is 0 Å². The molecule has 7 heteroatoms. The highest BCUT2D eigenvalue weighted by molar-refractivity contribution is 5.15. The van der Waals surface area contributed by atoms with E-state index in [1.807, 2.05) is 36.4 Å². The van der Waals surface area contributed by atoms with Crippen LogP contribution in [0.4, 0.5) is 0 Å². The standard InChI is InChI=1S/C26H36N2O5/c29-27(30)25(21-13-3-1-7-15-23-17-9-5-10-18-23)33-26(28(31)32)22-14-4-2-8-16-24-19-11-6-12-20-24/h5-6,9-12,17-20,25-26H,1-4,7-8,13-16,21-22H2. The molecule has 2 unspecified atom stereocenters. The van der Waals surface area contributed by atoms with E-state index in [0.717, 1.165) is 51.4 Å². The summed E-state index contributed by atoms with van der Waals surface area (Å²) < 4.78 is 5.33.